The number of rotatable bonds is 5. The number of alkyl halides is 2. The highest BCUT2D eigenvalue weighted by atomic mass is 19.3. The van der Waals surface area contributed by atoms with Crippen LogP contribution >= 0.6 is 0 Å². The summed E-state index contributed by atoms with van der Waals surface area (Å²) < 4.78 is 26.6. The maximum Gasteiger partial charge on any atom is 0.248 e. The summed E-state index contributed by atoms with van der Waals surface area (Å²) in [4.78, 5) is 0. The van der Waals surface area contributed by atoms with E-state index < -0.39 is 5.92 Å². The quantitative estimate of drug-likeness (QED) is 0.772. The molecule has 3 unspecified atom stereocenters. The van der Waals surface area contributed by atoms with Gasteiger partial charge >= 0.3 is 0 Å². The summed E-state index contributed by atoms with van der Waals surface area (Å²) in [6.45, 7) is 4.40. The minimum absolute atomic E-state index is 0.105. The molecule has 0 aliphatic heterocycles. The molecule has 2 rings (SSSR count). The summed E-state index contributed by atoms with van der Waals surface area (Å²) in [5.74, 6) is -1.65. The van der Waals surface area contributed by atoms with Gasteiger partial charge in [0.15, 0.2) is 0 Å². The van der Waals surface area contributed by atoms with Crippen molar-refractivity contribution in [2.75, 3.05) is 0 Å². The summed E-state index contributed by atoms with van der Waals surface area (Å²) in [5, 5.41) is 3.58. The lowest BCUT2D eigenvalue weighted by atomic mass is 9.80. The van der Waals surface area contributed by atoms with E-state index in [1.165, 1.54) is 12.8 Å². The Hall–Kier alpha value is -0.180. The molecule has 1 nitrogen and oxygen atoms in total. The van der Waals surface area contributed by atoms with Crippen LogP contribution in [0.3, 0.4) is 0 Å². The van der Waals surface area contributed by atoms with Gasteiger partial charge in [0.25, 0.3) is 0 Å². The predicted molar refractivity (Wildman–Crippen MR) is 66.3 cm³/mol. The highest BCUT2D eigenvalue weighted by molar-refractivity contribution is 4.86. The fourth-order valence-electron chi connectivity index (χ4n) is 2.99. The third-order valence-corrected chi connectivity index (χ3v) is 4.38. The zero-order valence-electron chi connectivity index (χ0n) is 11.0. The molecule has 0 saturated heterocycles. The van der Waals surface area contributed by atoms with E-state index in [1.54, 1.807) is 0 Å². The van der Waals surface area contributed by atoms with Crippen molar-refractivity contribution in [1.29, 1.82) is 0 Å². The number of hydrogen-bond acceptors (Lipinski definition) is 1. The summed E-state index contributed by atoms with van der Waals surface area (Å²) in [7, 11) is 0. The van der Waals surface area contributed by atoms with Crippen molar-refractivity contribution in [3.63, 3.8) is 0 Å². The molecule has 2 aliphatic rings. The van der Waals surface area contributed by atoms with Crippen LogP contribution in [0.4, 0.5) is 8.78 Å². The Kier molecular flexibility index (Phi) is 4.06. The van der Waals surface area contributed by atoms with Crippen molar-refractivity contribution < 1.29 is 8.78 Å². The maximum atomic E-state index is 13.3. The van der Waals surface area contributed by atoms with E-state index >= 15 is 0 Å². The lowest BCUT2D eigenvalue weighted by molar-refractivity contribution is -0.0559. The van der Waals surface area contributed by atoms with E-state index in [9.17, 15) is 8.78 Å². The van der Waals surface area contributed by atoms with Gasteiger partial charge in [-0.1, -0.05) is 13.3 Å². The van der Waals surface area contributed by atoms with Crippen LogP contribution in [0.5, 0.6) is 0 Å². The minimum atomic E-state index is -2.39. The zero-order chi connectivity index (χ0) is 12.5. The molecule has 3 atom stereocenters. The molecule has 2 saturated carbocycles. The highest BCUT2D eigenvalue weighted by Gasteiger charge is 2.37. The van der Waals surface area contributed by atoms with Crippen molar-refractivity contribution in [3.8, 4) is 0 Å². The Morgan fingerprint density at radius 3 is 2.53 bits per heavy atom. The monoisotopic (exact) mass is 245 g/mol. The van der Waals surface area contributed by atoms with Gasteiger partial charge in [-0.05, 0) is 44.4 Å². The van der Waals surface area contributed by atoms with E-state index in [1.807, 2.05) is 0 Å². The largest absolute Gasteiger partial charge is 0.311 e. The standard InChI is InChI=1S/C14H25F2N/c1-10(11(2)17-13-5-6-13)8-12-4-3-7-14(15,16)9-12/h10-13,17H,3-9H2,1-2H3. The molecule has 3 heteroatoms. The lowest BCUT2D eigenvalue weighted by Crippen LogP contribution is -2.36. The average Bonchev–Trinajstić information content (AvgIpc) is 2.99. The van der Waals surface area contributed by atoms with Gasteiger partial charge in [0.2, 0.25) is 5.92 Å². The number of hydrogen-bond donors (Lipinski definition) is 1. The van der Waals surface area contributed by atoms with E-state index in [0.717, 1.165) is 12.8 Å². The first-order valence-electron chi connectivity index (χ1n) is 7.10. The van der Waals surface area contributed by atoms with E-state index in [0.29, 0.717) is 24.4 Å². The molecule has 2 fully saturated rings. The van der Waals surface area contributed by atoms with Crippen molar-refractivity contribution in [1.82, 2.24) is 5.32 Å². The Balaban J connectivity index is 1.74. The molecule has 17 heavy (non-hydrogen) atoms. The van der Waals surface area contributed by atoms with Crippen LogP contribution in [0.1, 0.15) is 58.8 Å². The number of nitrogens with one attached hydrogen (secondary N) is 1. The maximum absolute atomic E-state index is 13.3. The lowest BCUT2D eigenvalue weighted by Gasteiger charge is -2.32. The zero-order valence-corrected chi connectivity index (χ0v) is 11.0. The third-order valence-electron chi connectivity index (χ3n) is 4.38. The van der Waals surface area contributed by atoms with Crippen LogP contribution in [-0.2, 0) is 0 Å². The molecule has 0 spiro atoms. The van der Waals surface area contributed by atoms with Gasteiger partial charge in [0.1, 0.15) is 0 Å². The van der Waals surface area contributed by atoms with E-state index in [-0.39, 0.29) is 18.8 Å². The summed E-state index contributed by atoms with van der Waals surface area (Å²) in [6.07, 6.45) is 5.46. The fraction of sp³-hybridized carbons (Fsp3) is 1.00. The Morgan fingerprint density at radius 1 is 1.24 bits per heavy atom. The van der Waals surface area contributed by atoms with Gasteiger partial charge in [-0.2, -0.15) is 0 Å². The molecule has 0 aromatic carbocycles. The van der Waals surface area contributed by atoms with E-state index in [4.69, 9.17) is 0 Å². The Bertz CT molecular complexity index is 251. The van der Waals surface area contributed by atoms with Gasteiger partial charge in [-0.15, -0.1) is 0 Å². The summed E-state index contributed by atoms with van der Waals surface area (Å²) >= 11 is 0. The van der Waals surface area contributed by atoms with Gasteiger partial charge in [0.05, 0.1) is 0 Å². The average molecular weight is 245 g/mol. The molecular weight excluding hydrogens is 220 g/mol. The molecule has 0 aromatic rings. The smallest absolute Gasteiger partial charge is 0.248 e. The molecule has 1 N–H and O–H groups in total. The van der Waals surface area contributed by atoms with Crippen molar-refractivity contribution in [3.05, 3.63) is 0 Å². The molecule has 0 radical (unpaired) electrons. The first-order chi connectivity index (χ1) is 7.96. The molecular formula is C14H25F2N. The van der Waals surface area contributed by atoms with Crippen LogP contribution in [0, 0.1) is 11.8 Å². The summed E-state index contributed by atoms with van der Waals surface area (Å²) in [6, 6.07) is 1.18. The normalized spacial score (nSPS) is 32.1. The van der Waals surface area contributed by atoms with Crippen LogP contribution in [-0.4, -0.2) is 18.0 Å². The second kappa shape index (κ2) is 5.21. The Labute approximate surface area is 103 Å². The number of halogens is 2. The van der Waals surface area contributed by atoms with E-state index in [2.05, 4.69) is 19.2 Å². The molecule has 0 aromatic heterocycles. The first-order valence-corrected chi connectivity index (χ1v) is 7.10. The fourth-order valence-corrected chi connectivity index (χ4v) is 2.99. The third kappa shape index (κ3) is 4.20. The second-order valence-electron chi connectivity index (χ2n) is 6.26. The van der Waals surface area contributed by atoms with Gasteiger partial charge in [-0.25, -0.2) is 8.78 Å². The highest BCUT2D eigenvalue weighted by Crippen LogP contribution is 2.39. The van der Waals surface area contributed by atoms with Gasteiger partial charge in [-0.3, -0.25) is 0 Å². The molecule has 2 aliphatic carbocycles. The Morgan fingerprint density at radius 2 is 1.94 bits per heavy atom. The van der Waals surface area contributed by atoms with Crippen LogP contribution in [0.15, 0.2) is 0 Å². The minimum Gasteiger partial charge on any atom is -0.311 e. The summed E-state index contributed by atoms with van der Waals surface area (Å²) in [5.41, 5.74) is 0. The van der Waals surface area contributed by atoms with Crippen LogP contribution < -0.4 is 5.32 Å². The van der Waals surface area contributed by atoms with Crippen molar-refractivity contribution >= 4 is 0 Å². The van der Waals surface area contributed by atoms with Crippen molar-refractivity contribution in [2.45, 2.75) is 76.8 Å². The SMILES string of the molecule is CC(CC1CCCC(F)(F)C1)C(C)NC1CC1. The van der Waals surface area contributed by atoms with Gasteiger partial charge < -0.3 is 5.32 Å². The molecule has 0 bridgehead atoms. The molecule has 0 amide bonds. The van der Waals surface area contributed by atoms with Crippen LogP contribution in [0.2, 0.25) is 0 Å². The van der Waals surface area contributed by atoms with Crippen molar-refractivity contribution in [2.24, 2.45) is 11.8 Å². The van der Waals surface area contributed by atoms with Crippen LogP contribution in [0.25, 0.3) is 0 Å². The molecule has 0 heterocycles. The predicted octanol–water partition coefficient (Wildman–Crippen LogP) is 3.98. The second-order valence-corrected chi connectivity index (χ2v) is 6.26. The topological polar surface area (TPSA) is 12.0 Å². The first kappa shape index (κ1) is 13.3. The molecule has 100 valence electrons. The van der Waals surface area contributed by atoms with Gasteiger partial charge in [0, 0.05) is 24.9 Å².